The minimum absolute atomic E-state index is 0.00397. The summed E-state index contributed by atoms with van der Waals surface area (Å²) in [5.74, 6) is -2.00. The Morgan fingerprint density at radius 3 is 2.68 bits per heavy atom. The quantitative estimate of drug-likeness (QED) is 0.435. The third kappa shape index (κ3) is 4.42. The molecule has 0 aliphatic heterocycles. The lowest BCUT2D eigenvalue weighted by Gasteiger charge is -2.08. The first-order chi connectivity index (χ1) is 10.3. The summed E-state index contributed by atoms with van der Waals surface area (Å²) in [5, 5.41) is 8.98. The van der Waals surface area contributed by atoms with Crippen molar-refractivity contribution in [3.8, 4) is 6.07 Å². The highest BCUT2D eigenvalue weighted by atomic mass is 35.5. The third-order valence-electron chi connectivity index (χ3n) is 2.19. The largest absolute Gasteiger partial charge is 0.398 e. The molecule has 0 N–H and O–H groups in total. The molecule has 0 saturated heterocycles. The van der Waals surface area contributed by atoms with Gasteiger partial charge in [0.2, 0.25) is 0 Å². The summed E-state index contributed by atoms with van der Waals surface area (Å²) in [4.78, 5) is 3.94. The van der Waals surface area contributed by atoms with Crippen molar-refractivity contribution in [2.24, 2.45) is 4.99 Å². The minimum Gasteiger partial charge on any atom is -0.231 e. The Morgan fingerprint density at radius 2 is 2.14 bits per heavy atom. The van der Waals surface area contributed by atoms with E-state index in [1.54, 1.807) is 6.07 Å². The number of hydrogen-bond acceptors (Lipinski definition) is 6. The van der Waals surface area contributed by atoms with Crippen LogP contribution in [0.1, 0.15) is 5.56 Å². The van der Waals surface area contributed by atoms with Crippen LogP contribution in [-0.4, -0.2) is 16.3 Å². The van der Waals surface area contributed by atoms with E-state index in [2.05, 4.69) is 9.37 Å². The second-order valence-corrected chi connectivity index (χ2v) is 6.98. The van der Waals surface area contributed by atoms with E-state index in [4.69, 9.17) is 16.9 Å². The molecule has 2 aromatic rings. The zero-order valence-corrected chi connectivity index (χ0v) is 13.5. The summed E-state index contributed by atoms with van der Waals surface area (Å²) >= 11 is 6.15. The van der Waals surface area contributed by atoms with Gasteiger partial charge in [-0.15, -0.1) is 11.8 Å². The molecule has 0 fully saturated rings. The molecule has 0 bridgehead atoms. The summed E-state index contributed by atoms with van der Waals surface area (Å²) < 4.78 is 54.8. The highest BCUT2D eigenvalue weighted by Gasteiger charge is 2.28. The first-order valence-corrected chi connectivity index (χ1v) is 8.86. The van der Waals surface area contributed by atoms with Crippen molar-refractivity contribution in [3.05, 3.63) is 33.3 Å². The number of thioether (sulfide) groups is 1. The highest BCUT2D eigenvalue weighted by molar-refractivity contribution is 7.99. The van der Waals surface area contributed by atoms with Crippen molar-refractivity contribution in [3.63, 3.8) is 0 Å². The number of rotatable bonds is 3. The van der Waals surface area contributed by atoms with Crippen LogP contribution in [0.15, 0.2) is 22.0 Å². The number of nitriles is 1. The highest BCUT2D eigenvalue weighted by Crippen LogP contribution is 2.33. The van der Waals surface area contributed by atoms with Crippen molar-refractivity contribution >= 4 is 49.9 Å². The molecule has 1 heterocycles. The van der Waals surface area contributed by atoms with Gasteiger partial charge >= 0.3 is 6.18 Å². The maximum Gasteiger partial charge on any atom is 0.398 e. The maximum atomic E-state index is 13.9. The summed E-state index contributed by atoms with van der Waals surface area (Å²) in [6.07, 6.45) is -4.40. The van der Waals surface area contributed by atoms with Gasteiger partial charge in [0, 0.05) is 15.4 Å². The van der Waals surface area contributed by atoms with E-state index in [0.717, 1.165) is 33.0 Å². The van der Waals surface area contributed by atoms with Crippen LogP contribution in [0, 0.1) is 17.1 Å². The molecule has 116 valence electrons. The lowest BCUT2D eigenvalue weighted by Crippen LogP contribution is -2.10. The fourth-order valence-corrected chi connectivity index (χ4v) is 4.09. The topological polar surface area (TPSA) is 49.0 Å². The van der Waals surface area contributed by atoms with Gasteiger partial charge in [0.25, 0.3) is 0 Å². The predicted molar refractivity (Wildman–Crippen MR) is 78.1 cm³/mol. The van der Waals surface area contributed by atoms with Crippen molar-refractivity contribution < 1.29 is 17.6 Å². The Hall–Kier alpha value is -1.15. The molecule has 11 heteroatoms. The molecule has 1 aromatic heterocycles. The van der Waals surface area contributed by atoms with Crippen molar-refractivity contribution in [2.75, 3.05) is 5.75 Å². The second-order valence-electron chi connectivity index (χ2n) is 3.77. The van der Waals surface area contributed by atoms with Gasteiger partial charge in [-0.05, 0) is 22.5 Å². The molecule has 0 aliphatic carbocycles. The Balaban J connectivity index is 2.45. The Morgan fingerprint density at radius 1 is 1.41 bits per heavy atom. The van der Waals surface area contributed by atoms with Gasteiger partial charge in [-0.2, -0.15) is 22.8 Å². The first kappa shape index (κ1) is 17.2. The van der Waals surface area contributed by atoms with Gasteiger partial charge in [-0.3, -0.25) is 0 Å². The number of benzene rings is 1. The molecule has 0 radical (unpaired) electrons. The molecule has 1 aromatic carbocycles. The summed E-state index contributed by atoms with van der Waals surface area (Å²) in [5.41, 5.74) is -0.370. The average molecular weight is 386 g/mol. The zero-order valence-electron chi connectivity index (χ0n) is 10.3. The Bertz CT molecular complexity index is 791. The Labute approximate surface area is 138 Å². The van der Waals surface area contributed by atoms with E-state index in [-0.39, 0.29) is 26.0 Å². The van der Waals surface area contributed by atoms with E-state index in [9.17, 15) is 17.6 Å². The van der Waals surface area contributed by atoms with Crippen LogP contribution >= 0.6 is 44.2 Å². The SMILES string of the molecule is N#Cc1cc(F)c(/N=c2\ssnc2Cl)cc1SCC(F)(F)F. The van der Waals surface area contributed by atoms with Crippen molar-refractivity contribution in [2.45, 2.75) is 11.1 Å². The first-order valence-electron chi connectivity index (χ1n) is 5.39. The maximum absolute atomic E-state index is 13.9. The van der Waals surface area contributed by atoms with Gasteiger partial charge in [-0.25, -0.2) is 9.38 Å². The molecule has 22 heavy (non-hydrogen) atoms. The molecule has 0 saturated carbocycles. The smallest absolute Gasteiger partial charge is 0.231 e. The third-order valence-corrected chi connectivity index (χ3v) is 5.48. The molecular weight excluding hydrogens is 382 g/mol. The summed E-state index contributed by atoms with van der Waals surface area (Å²) in [6.45, 7) is 0. The Kier molecular flexibility index (Phi) is 5.44. The molecule has 0 spiro atoms. The average Bonchev–Trinajstić information content (AvgIpc) is 2.83. The molecule has 0 unspecified atom stereocenters. The van der Waals surface area contributed by atoms with Crippen LogP contribution < -0.4 is 4.67 Å². The number of hydrogen-bond donors (Lipinski definition) is 0. The van der Waals surface area contributed by atoms with Crippen LogP contribution in [0.3, 0.4) is 0 Å². The van der Waals surface area contributed by atoms with E-state index in [1.807, 2.05) is 0 Å². The number of aromatic nitrogens is 1. The lowest BCUT2D eigenvalue weighted by atomic mass is 10.2. The number of alkyl halides is 3. The van der Waals surface area contributed by atoms with Crippen molar-refractivity contribution in [1.82, 2.24) is 4.37 Å². The van der Waals surface area contributed by atoms with E-state index in [0.29, 0.717) is 11.8 Å². The standard InChI is InChI=1S/C11H4ClF4N3S3/c12-9-10(21-22-19-9)18-7-2-8(20-4-11(14,15)16)5(3-17)1-6(7)13/h1-2H,4H2/b18-10-. The molecular formula is C11H4ClF4N3S3. The lowest BCUT2D eigenvalue weighted by molar-refractivity contribution is -0.105. The van der Waals surface area contributed by atoms with Gasteiger partial charge in [-0.1, -0.05) is 11.6 Å². The monoisotopic (exact) mass is 385 g/mol. The van der Waals surface area contributed by atoms with Crippen LogP contribution in [0.4, 0.5) is 23.2 Å². The second kappa shape index (κ2) is 6.95. The van der Waals surface area contributed by atoms with E-state index in [1.165, 1.54) is 0 Å². The fraction of sp³-hybridized carbons (Fsp3) is 0.182. The molecule has 0 atom stereocenters. The number of halogens is 5. The molecule has 3 nitrogen and oxygen atoms in total. The van der Waals surface area contributed by atoms with Crippen LogP contribution in [-0.2, 0) is 0 Å². The van der Waals surface area contributed by atoms with E-state index >= 15 is 0 Å². The predicted octanol–water partition coefficient (Wildman–Crippen LogP) is 4.76. The van der Waals surface area contributed by atoms with Crippen LogP contribution in [0.25, 0.3) is 0 Å². The van der Waals surface area contributed by atoms with Crippen LogP contribution in [0.5, 0.6) is 0 Å². The number of nitrogens with zero attached hydrogens (tertiary/aromatic N) is 3. The minimum atomic E-state index is -4.40. The summed E-state index contributed by atoms with van der Waals surface area (Å²) in [6, 6.07) is 3.63. The summed E-state index contributed by atoms with van der Waals surface area (Å²) in [7, 11) is 2.15. The normalized spacial score (nSPS) is 12.5. The van der Waals surface area contributed by atoms with E-state index < -0.39 is 17.7 Å². The molecule has 0 amide bonds. The van der Waals surface area contributed by atoms with Gasteiger partial charge in [0.1, 0.15) is 17.6 Å². The molecule has 0 aliphatic rings. The van der Waals surface area contributed by atoms with Gasteiger partial charge in [0.05, 0.1) is 11.3 Å². The van der Waals surface area contributed by atoms with Gasteiger partial charge < -0.3 is 0 Å². The fourth-order valence-electron chi connectivity index (χ4n) is 1.33. The molecule has 2 rings (SSSR count). The van der Waals surface area contributed by atoms with Crippen LogP contribution in [0.2, 0.25) is 5.15 Å². The van der Waals surface area contributed by atoms with Gasteiger partial charge in [0.15, 0.2) is 9.82 Å². The van der Waals surface area contributed by atoms with Crippen molar-refractivity contribution in [1.29, 1.82) is 5.26 Å². The zero-order chi connectivity index (χ0) is 16.3.